The standard InChI is InChI=1S/C45H66O13/c1-5-7-9-11-13-15-17-19-21-23-33-39(55-57-41(46)35-29-25-27-31-37(35)51-3)43(48)53-45(50)54-44(49)40(34-24-22-20-18-16-14-12-10-8-6-2)56-58-42(47)36-30-26-28-32-38(36)52-4/h25-32,39-40H,5-24,33-34H2,1-4H3. The summed E-state index contributed by atoms with van der Waals surface area (Å²) in [5, 5.41) is 0. The number of hydrogen-bond donors (Lipinski definition) is 0. The highest BCUT2D eigenvalue weighted by Crippen LogP contribution is 2.22. The number of unbranched alkanes of at least 4 members (excludes halogenated alkanes) is 18. The minimum atomic E-state index is -1.64. The highest BCUT2D eigenvalue weighted by Gasteiger charge is 2.32. The quantitative estimate of drug-likeness (QED) is 0.0226. The Morgan fingerprint density at radius 2 is 0.759 bits per heavy atom. The highest BCUT2D eigenvalue weighted by molar-refractivity contribution is 5.93. The number of esters is 2. The van der Waals surface area contributed by atoms with Gasteiger partial charge in [0, 0.05) is 0 Å². The maximum absolute atomic E-state index is 13.2. The van der Waals surface area contributed by atoms with E-state index in [1.165, 1.54) is 90.6 Å². The van der Waals surface area contributed by atoms with Gasteiger partial charge in [-0.2, -0.15) is 9.78 Å². The monoisotopic (exact) mass is 814 g/mol. The van der Waals surface area contributed by atoms with Crippen molar-refractivity contribution in [3.63, 3.8) is 0 Å². The fourth-order valence-corrected chi connectivity index (χ4v) is 6.28. The molecule has 324 valence electrons. The average molecular weight is 815 g/mol. The molecule has 0 saturated carbocycles. The van der Waals surface area contributed by atoms with Crippen LogP contribution in [-0.2, 0) is 38.6 Å². The Morgan fingerprint density at radius 1 is 0.448 bits per heavy atom. The molecule has 2 unspecified atom stereocenters. The van der Waals surface area contributed by atoms with Gasteiger partial charge in [0.25, 0.3) is 0 Å². The molecule has 0 radical (unpaired) electrons. The SMILES string of the molecule is CCCCCCCCCCCCC(OOC(=O)c1ccccc1OC)C(=O)OC(=O)OC(=O)C(CCCCCCCCCCCC)OOC(=O)c1ccccc1OC. The lowest BCUT2D eigenvalue weighted by Gasteiger charge is -2.16. The van der Waals surface area contributed by atoms with E-state index in [1.807, 2.05) is 0 Å². The molecule has 0 N–H and O–H groups in total. The summed E-state index contributed by atoms with van der Waals surface area (Å²) in [6.45, 7) is 4.37. The number of rotatable bonds is 32. The summed E-state index contributed by atoms with van der Waals surface area (Å²) in [7, 11) is 2.78. The van der Waals surface area contributed by atoms with Crippen LogP contribution in [0.4, 0.5) is 4.79 Å². The van der Waals surface area contributed by atoms with E-state index in [-0.39, 0.29) is 35.5 Å². The van der Waals surface area contributed by atoms with Crippen molar-refractivity contribution in [1.29, 1.82) is 0 Å². The first-order valence-corrected chi connectivity index (χ1v) is 21.2. The molecule has 0 aliphatic carbocycles. The Morgan fingerprint density at radius 3 is 1.09 bits per heavy atom. The first-order valence-electron chi connectivity index (χ1n) is 21.2. The molecular formula is C45H66O13. The zero-order valence-corrected chi connectivity index (χ0v) is 35.1. The molecule has 0 heterocycles. The highest BCUT2D eigenvalue weighted by atomic mass is 17.2. The van der Waals surface area contributed by atoms with Gasteiger partial charge in [-0.05, 0) is 37.1 Å². The molecule has 2 aromatic carbocycles. The molecule has 0 aliphatic rings. The van der Waals surface area contributed by atoms with Crippen LogP contribution in [0.15, 0.2) is 48.5 Å². The molecule has 0 spiro atoms. The molecule has 0 aromatic heterocycles. The predicted octanol–water partition coefficient (Wildman–Crippen LogP) is 11.1. The van der Waals surface area contributed by atoms with Crippen molar-refractivity contribution in [2.24, 2.45) is 0 Å². The van der Waals surface area contributed by atoms with Crippen molar-refractivity contribution in [3.05, 3.63) is 59.7 Å². The van der Waals surface area contributed by atoms with Crippen LogP contribution in [0.25, 0.3) is 0 Å². The van der Waals surface area contributed by atoms with Gasteiger partial charge in [0.2, 0.25) is 12.2 Å². The van der Waals surface area contributed by atoms with E-state index in [1.54, 1.807) is 36.4 Å². The second-order valence-corrected chi connectivity index (χ2v) is 14.3. The minimum Gasteiger partial charge on any atom is -0.496 e. The van der Waals surface area contributed by atoms with Crippen LogP contribution in [0.5, 0.6) is 11.5 Å². The van der Waals surface area contributed by atoms with Crippen molar-refractivity contribution in [2.45, 2.75) is 167 Å². The second kappa shape index (κ2) is 31.5. The zero-order valence-electron chi connectivity index (χ0n) is 35.1. The lowest BCUT2D eigenvalue weighted by molar-refractivity contribution is -0.276. The third-order valence-electron chi connectivity index (χ3n) is 9.67. The molecule has 0 bridgehead atoms. The third-order valence-corrected chi connectivity index (χ3v) is 9.67. The Kier molecular flexibility index (Phi) is 27.0. The van der Waals surface area contributed by atoms with Crippen molar-refractivity contribution in [3.8, 4) is 11.5 Å². The first-order chi connectivity index (χ1) is 28.2. The minimum absolute atomic E-state index is 0.0547. The number of hydrogen-bond acceptors (Lipinski definition) is 13. The smallest absolute Gasteiger partial charge is 0.496 e. The Bertz CT molecular complexity index is 1370. The van der Waals surface area contributed by atoms with E-state index in [0.717, 1.165) is 51.4 Å². The fourth-order valence-electron chi connectivity index (χ4n) is 6.28. The lowest BCUT2D eigenvalue weighted by Crippen LogP contribution is -2.34. The van der Waals surface area contributed by atoms with Crippen molar-refractivity contribution < 1.29 is 62.5 Å². The normalized spacial score (nSPS) is 11.9. The fraction of sp³-hybridized carbons (Fsp3) is 0.622. The van der Waals surface area contributed by atoms with Crippen LogP contribution in [0.3, 0.4) is 0 Å². The molecule has 58 heavy (non-hydrogen) atoms. The van der Waals surface area contributed by atoms with Crippen LogP contribution in [-0.4, -0.2) is 56.5 Å². The number of para-hydroxylation sites is 2. The molecule has 0 saturated heterocycles. The van der Waals surface area contributed by atoms with Crippen LogP contribution < -0.4 is 9.47 Å². The Balaban J connectivity index is 2.02. The third kappa shape index (κ3) is 20.8. The van der Waals surface area contributed by atoms with Gasteiger partial charge in [-0.15, -0.1) is 0 Å². The molecule has 13 heteroatoms. The number of ether oxygens (including phenoxy) is 4. The summed E-state index contributed by atoms with van der Waals surface area (Å²) in [4.78, 5) is 85.2. The van der Waals surface area contributed by atoms with E-state index in [0.29, 0.717) is 12.8 Å². The van der Waals surface area contributed by atoms with Crippen LogP contribution >= 0.6 is 0 Å². The number of carbonyl (C=O) groups is 5. The average Bonchev–Trinajstić information content (AvgIpc) is 3.23. The topological polar surface area (TPSA) is 159 Å². The van der Waals surface area contributed by atoms with Crippen molar-refractivity contribution >= 4 is 30.0 Å². The van der Waals surface area contributed by atoms with Gasteiger partial charge < -0.3 is 18.9 Å². The van der Waals surface area contributed by atoms with Crippen molar-refractivity contribution in [1.82, 2.24) is 0 Å². The summed E-state index contributed by atoms with van der Waals surface area (Å²) in [5.74, 6) is -3.84. The van der Waals surface area contributed by atoms with Crippen molar-refractivity contribution in [2.75, 3.05) is 14.2 Å². The van der Waals surface area contributed by atoms with E-state index in [2.05, 4.69) is 13.8 Å². The summed E-state index contributed by atoms with van der Waals surface area (Å²) in [6.07, 6.45) is 16.3. The van der Waals surface area contributed by atoms with Gasteiger partial charge in [-0.25, -0.2) is 24.0 Å². The zero-order chi connectivity index (χ0) is 42.2. The van der Waals surface area contributed by atoms with Gasteiger partial charge in [-0.1, -0.05) is 167 Å². The van der Waals surface area contributed by atoms with Gasteiger partial charge in [0.05, 0.1) is 14.2 Å². The molecule has 2 rings (SSSR count). The summed E-state index contributed by atoms with van der Waals surface area (Å²) in [5.41, 5.74) is 0.113. The van der Waals surface area contributed by atoms with E-state index >= 15 is 0 Å². The van der Waals surface area contributed by atoms with Gasteiger partial charge in [0.15, 0.2) is 0 Å². The predicted molar refractivity (Wildman–Crippen MR) is 217 cm³/mol. The van der Waals surface area contributed by atoms with Crippen LogP contribution in [0.2, 0.25) is 0 Å². The number of methoxy groups -OCH3 is 2. The van der Waals surface area contributed by atoms with E-state index < -0.39 is 42.2 Å². The van der Waals surface area contributed by atoms with E-state index in [4.69, 9.17) is 38.5 Å². The number of benzene rings is 2. The van der Waals surface area contributed by atoms with E-state index in [9.17, 15) is 24.0 Å². The molecule has 0 fully saturated rings. The first kappa shape index (κ1) is 49.7. The molecule has 0 aliphatic heterocycles. The molecular weight excluding hydrogens is 748 g/mol. The molecule has 0 amide bonds. The summed E-state index contributed by atoms with van der Waals surface area (Å²) >= 11 is 0. The van der Waals surface area contributed by atoms with Crippen LogP contribution in [0, 0.1) is 0 Å². The summed E-state index contributed by atoms with van der Waals surface area (Å²) in [6, 6.07) is 12.6. The number of carbonyl (C=O) groups excluding carboxylic acids is 5. The Labute approximate surface area is 344 Å². The second-order valence-electron chi connectivity index (χ2n) is 14.3. The van der Waals surface area contributed by atoms with Gasteiger partial charge >= 0.3 is 30.0 Å². The molecule has 13 nitrogen and oxygen atoms in total. The van der Waals surface area contributed by atoms with Gasteiger partial charge in [0.1, 0.15) is 22.6 Å². The largest absolute Gasteiger partial charge is 0.524 e. The maximum atomic E-state index is 13.2. The summed E-state index contributed by atoms with van der Waals surface area (Å²) < 4.78 is 20.1. The lowest BCUT2D eigenvalue weighted by atomic mass is 10.0. The van der Waals surface area contributed by atoms with Gasteiger partial charge in [-0.3, -0.25) is 9.78 Å². The van der Waals surface area contributed by atoms with Crippen LogP contribution in [0.1, 0.15) is 176 Å². The maximum Gasteiger partial charge on any atom is 0.524 e. The Hall–Kier alpha value is -4.49. The molecule has 2 aromatic rings. The molecule has 2 atom stereocenters.